The van der Waals surface area contributed by atoms with Crippen molar-refractivity contribution in [3.63, 3.8) is 0 Å². The van der Waals surface area contributed by atoms with Gasteiger partial charge in [0.1, 0.15) is 48.8 Å². The van der Waals surface area contributed by atoms with Gasteiger partial charge in [-0.3, -0.25) is 0 Å². The summed E-state index contributed by atoms with van der Waals surface area (Å²) < 4.78 is 0. The molecule has 0 aliphatic heterocycles. The average molecular weight is 445 g/mol. The molecule has 0 aromatic heterocycles. The summed E-state index contributed by atoms with van der Waals surface area (Å²) in [4.78, 5) is 20.0. The van der Waals surface area contributed by atoms with Crippen LogP contribution >= 0.6 is 0 Å². The van der Waals surface area contributed by atoms with Gasteiger partial charge >= 0.3 is 17.1 Å². The Hall–Kier alpha value is -0.941. The number of hydrogen-bond donors (Lipinski definition) is 10. The molecular formula is C12H22MnO14. The third-order valence-electron chi connectivity index (χ3n) is 2.99. The Kier molecular flexibility index (Phi) is 17.1. The zero-order valence-electron chi connectivity index (χ0n) is 13.5. The molecule has 1 radical (unpaired) electrons. The molecule has 27 heavy (non-hydrogen) atoms. The second-order valence-electron chi connectivity index (χ2n) is 4.99. The molecule has 0 saturated heterocycles. The van der Waals surface area contributed by atoms with Gasteiger partial charge in [-0.2, -0.15) is 0 Å². The first kappa shape index (κ1) is 30.8. The van der Waals surface area contributed by atoms with E-state index in [1.54, 1.807) is 0 Å². The average Bonchev–Trinajstić information content (AvgIpc) is 2.62. The molecule has 0 heterocycles. The summed E-state index contributed by atoms with van der Waals surface area (Å²) in [5, 5.41) is 107. The van der Waals surface area contributed by atoms with Crippen molar-refractivity contribution in [3.05, 3.63) is 0 Å². The molecule has 0 fully saturated rings. The Balaban J connectivity index is -0.000000411. The molecular weight excluding hydrogens is 423 g/mol. The largest absolute Gasteiger partial charge is 2.00 e. The van der Waals surface area contributed by atoms with E-state index in [0.29, 0.717) is 0 Å². The van der Waals surface area contributed by atoms with Crippen LogP contribution in [0, 0.1) is 0 Å². The smallest absolute Gasteiger partial charge is 0.547 e. The minimum Gasteiger partial charge on any atom is -0.547 e. The molecule has 0 amide bonds. The standard InChI is InChI=1S/2C6H12O7.Mn/c2*7-1-2(8)3(9)4(10)5(11)6(12)13;/h2*2-5,7-11H,1H2,(H,12,13);/q;;+2/p-2/t2*2-,3+,4+,5+;/m11./s1. The third kappa shape index (κ3) is 10.8. The first-order chi connectivity index (χ1) is 11.8. The topological polar surface area (TPSA) is 283 Å². The normalized spacial score (nSPS) is 19.6. The zero-order valence-corrected chi connectivity index (χ0v) is 14.7. The van der Waals surface area contributed by atoms with Crippen LogP contribution in [-0.2, 0) is 26.7 Å². The van der Waals surface area contributed by atoms with Crippen molar-refractivity contribution in [1.29, 1.82) is 0 Å². The van der Waals surface area contributed by atoms with E-state index in [-0.39, 0.29) is 17.1 Å². The van der Waals surface area contributed by atoms with Crippen LogP contribution in [0.15, 0.2) is 0 Å². The maximum absolute atomic E-state index is 9.98. The first-order valence-corrected chi connectivity index (χ1v) is 6.91. The first-order valence-electron chi connectivity index (χ1n) is 6.91. The minimum atomic E-state index is -2.31. The van der Waals surface area contributed by atoms with Gasteiger partial charge in [-0.1, -0.05) is 0 Å². The minimum absolute atomic E-state index is 0. The predicted molar refractivity (Wildman–Crippen MR) is 72.2 cm³/mol. The van der Waals surface area contributed by atoms with Crippen LogP contribution in [0.5, 0.6) is 0 Å². The summed E-state index contributed by atoms with van der Waals surface area (Å²) >= 11 is 0. The monoisotopic (exact) mass is 445 g/mol. The van der Waals surface area contributed by atoms with Crippen molar-refractivity contribution in [2.45, 2.75) is 48.8 Å². The summed E-state index contributed by atoms with van der Waals surface area (Å²) in [5.74, 6) is -3.95. The van der Waals surface area contributed by atoms with Crippen LogP contribution in [0.1, 0.15) is 0 Å². The van der Waals surface area contributed by atoms with Crippen molar-refractivity contribution in [1.82, 2.24) is 0 Å². The number of carboxylic acid groups (broad SMARTS) is 2. The molecule has 15 heteroatoms. The summed E-state index contributed by atoms with van der Waals surface area (Å²) in [7, 11) is 0. The fraction of sp³-hybridized carbons (Fsp3) is 0.833. The fourth-order valence-corrected chi connectivity index (χ4v) is 1.32. The van der Waals surface area contributed by atoms with Crippen molar-refractivity contribution in [2.24, 2.45) is 0 Å². The summed E-state index contributed by atoms with van der Waals surface area (Å²) in [6.45, 7) is -1.73. The van der Waals surface area contributed by atoms with Gasteiger partial charge in [0.2, 0.25) is 0 Å². The van der Waals surface area contributed by atoms with Crippen molar-refractivity contribution >= 4 is 11.9 Å². The van der Waals surface area contributed by atoms with Crippen molar-refractivity contribution in [2.75, 3.05) is 13.2 Å². The summed E-state index contributed by atoms with van der Waals surface area (Å²) in [6, 6.07) is 0. The molecule has 0 aromatic carbocycles. The zero-order chi connectivity index (χ0) is 21.2. The molecule has 0 aromatic rings. The number of rotatable bonds is 10. The number of aliphatic hydroxyl groups excluding tert-OH is 10. The van der Waals surface area contributed by atoms with Crippen molar-refractivity contribution in [3.8, 4) is 0 Å². The number of carbonyl (C=O) groups excluding carboxylic acids is 2. The predicted octanol–water partition coefficient (Wildman–Crippen LogP) is -9.66. The van der Waals surface area contributed by atoms with Gasteiger partial charge in [0, 0.05) is 0 Å². The van der Waals surface area contributed by atoms with Crippen LogP contribution in [-0.4, -0.2) is 125 Å². The van der Waals surface area contributed by atoms with Crippen LogP contribution < -0.4 is 10.2 Å². The number of carbonyl (C=O) groups is 2. The Labute approximate surface area is 162 Å². The molecule has 0 bridgehead atoms. The molecule has 0 aliphatic carbocycles. The Morgan fingerprint density at radius 2 is 0.815 bits per heavy atom. The van der Waals surface area contributed by atoms with Gasteiger partial charge in [0.15, 0.2) is 0 Å². The van der Waals surface area contributed by atoms with Crippen LogP contribution in [0.4, 0.5) is 0 Å². The maximum Gasteiger partial charge on any atom is 2.00 e. The van der Waals surface area contributed by atoms with Crippen molar-refractivity contribution < 1.29 is 87.9 Å². The van der Waals surface area contributed by atoms with E-state index >= 15 is 0 Å². The molecule has 0 saturated carbocycles. The van der Waals surface area contributed by atoms with E-state index in [2.05, 4.69) is 0 Å². The van der Waals surface area contributed by atoms with Gasteiger partial charge in [-0.25, -0.2) is 0 Å². The molecule has 8 atom stereocenters. The summed E-state index contributed by atoms with van der Waals surface area (Å²) in [6.07, 6.45) is -16.2. The SMILES string of the molecule is O=C([O-])[C@@H](O)[C@@H](O)[C@@H](O)[C@H](O)CO.O=C([O-])[C@@H](O)[C@@H](O)[C@@H](O)[C@H](O)CO.[Mn+2]. The van der Waals surface area contributed by atoms with Gasteiger partial charge < -0.3 is 70.9 Å². The fourth-order valence-electron chi connectivity index (χ4n) is 1.32. The van der Waals surface area contributed by atoms with Gasteiger partial charge in [0.05, 0.1) is 25.2 Å². The molecule has 0 aliphatic rings. The third-order valence-corrected chi connectivity index (χ3v) is 2.99. The Bertz CT molecular complexity index is 385. The number of aliphatic carboxylic acids is 2. The molecule has 10 N–H and O–H groups in total. The molecule has 0 spiro atoms. The van der Waals surface area contributed by atoms with Gasteiger partial charge in [-0.15, -0.1) is 0 Å². The second kappa shape index (κ2) is 15.0. The van der Waals surface area contributed by atoms with Gasteiger partial charge in [0.25, 0.3) is 0 Å². The van der Waals surface area contributed by atoms with E-state index in [4.69, 9.17) is 51.1 Å². The molecule has 0 rings (SSSR count). The van der Waals surface area contributed by atoms with E-state index in [0.717, 1.165) is 0 Å². The van der Waals surface area contributed by atoms with Crippen LogP contribution in [0.3, 0.4) is 0 Å². The quantitative estimate of drug-likeness (QED) is 0.140. The number of hydrogen-bond acceptors (Lipinski definition) is 14. The maximum atomic E-state index is 9.98. The van der Waals surface area contributed by atoms with E-state index in [1.165, 1.54) is 0 Å². The molecule has 0 unspecified atom stereocenters. The second-order valence-corrected chi connectivity index (χ2v) is 4.99. The number of aliphatic hydroxyl groups is 10. The van der Waals surface area contributed by atoms with Gasteiger partial charge in [-0.05, 0) is 0 Å². The van der Waals surface area contributed by atoms with E-state index < -0.39 is 74.0 Å². The van der Waals surface area contributed by atoms with E-state index in [1.807, 2.05) is 0 Å². The number of carboxylic acids is 2. The van der Waals surface area contributed by atoms with Crippen LogP contribution in [0.25, 0.3) is 0 Å². The Morgan fingerprint density at radius 3 is 0.963 bits per heavy atom. The molecule has 14 nitrogen and oxygen atoms in total. The van der Waals surface area contributed by atoms with Crippen LogP contribution in [0.2, 0.25) is 0 Å². The Morgan fingerprint density at radius 1 is 0.593 bits per heavy atom. The summed E-state index contributed by atoms with van der Waals surface area (Å²) in [5.41, 5.74) is 0. The van der Waals surface area contributed by atoms with E-state index in [9.17, 15) is 19.8 Å². The molecule has 161 valence electrons.